The molecule has 0 aliphatic heterocycles. The summed E-state index contributed by atoms with van der Waals surface area (Å²) in [5.41, 5.74) is 5.42. The molecule has 0 aromatic heterocycles. The first-order valence-electron chi connectivity index (χ1n) is 6.44. The number of carbonyl (C=O) groups excluding carboxylic acids is 2. The van der Waals surface area contributed by atoms with Crippen molar-refractivity contribution >= 4 is 23.8 Å². The van der Waals surface area contributed by atoms with Gasteiger partial charge in [-0.2, -0.15) is 0 Å². The third kappa shape index (κ3) is 5.23. The quantitative estimate of drug-likeness (QED) is 0.626. The minimum absolute atomic E-state index is 0.123. The maximum atomic E-state index is 12.3. The average Bonchev–Trinajstić information content (AvgIpc) is 2.46. The van der Waals surface area contributed by atoms with Gasteiger partial charge in [-0.1, -0.05) is 6.07 Å². The third-order valence-electron chi connectivity index (χ3n) is 2.87. The zero-order chi connectivity index (χ0) is 16.7. The van der Waals surface area contributed by atoms with Crippen molar-refractivity contribution in [3.05, 3.63) is 35.4 Å². The van der Waals surface area contributed by atoms with Crippen molar-refractivity contribution in [1.82, 2.24) is 4.90 Å². The number of carbonyl (C=O) groups is 4. The van der Waals surface area contributed by atoms with Gasteiger partial charge < -0.3 is 20.8 Å². The Morgan fingerprint density at radius 3 is 1.91 bits per heavy atom. The van der Waals surface area contributed by atoms with Gasteiger partial charge in [0.05, 0.1) is 12.8 Å². The van der Waals surface area contributed by atoms with Crippen LogP contribution in [-0.2, 0) is 9.59 Å². The van der Waals surface area contributed by atoms with E-state index in [1.807, 2.05) is 0 Å². The molecule has 2 amide bonds. The number of carboxylic acids is 2. The van der Waals surface area contributed by atoms with E-state index >= 15 is 0 Å². The Labute approximate surface area is 126 Å². The highest BCUT2D eigenvalue weighted by Gasteiger charge is 2.18. The molecule has 0 spiro atoms. The van der Waals surface area contributed by atoms with Gasteiger partial charge in [0.2, 0.25) is 5.91 Å². The van der Waals surface area contributed by atoms with Crippen LogP contribution in [0.3, 0.4) is 0 Å². The zero-order valence-electron chi connectivity index (χ0n) is 11.7. The van der Waals surface area contributed by atoms with Crippen LogP contribution < -0.4 is 5.73 Å². The molecule has 4 N–H and O–H groups in total. The summed E-state index contributed by atoms with van der Waals surface area (Å²) >= 11 is 0. The number of amides is 2. The van der Waals surface area contributed by atoms with Gasteiger partial charge in [-0.15, -0.1) is 0 Å². The van der Waals surface area contributed by atoms with Crippen LogP contribution >= 0.6 is 0 Å². The molecule has 22 heavy (non-hydrogen) atoms. The number of rotatable bonds is 8. The molecule has 1 aromatic carbocycles. The van der Waals surface area contributed by atoms with Crippen LogP contribution in [0.25, 0.3) is 0 Å². The Balaban J connectivity index is 2.93. The second kappa shape index (κ2) is 7.77. The Hall–Kier alpha value is -2.90. The van der Waals surface area contributed by atoms with E-state index in [4.69, 9.17) is 15.9 Å². The molecule has 0 saturated heterocycles. The summed E-state index contributed by atoms with van der Waals surface area (Å²) in [5.74, 6) is -3.44. The average molecular weight is 308 g/mol. The van der Waals surface area contributed by atoms with Gasteiger partial charge in [0.1, 0.15) is 0 Å². The molecule has 0 bridgehead atoms. The smallest absolute Gasteiger partial charge is 0.305 e. The van der Waals surface area contributed by atoms with Crippen LogP contribution in [0.15, 0.2) is 24.3 Å². The van der Waals surface area contributed by atoms with Crippen LogP contribution in [0.5, 0.6) is 0 Å². The van der Waals surface area contributed by atoms with E-state index in [1.54, 1.807) is 0 Å². The molecule has 0 fully saturated rings. The minimum atomic E-state index is -1.10. The van der Waals surface area contributed by atoms with Crippen LogP contribution in [0.4, 0.5) is 0 Å². The van der Waals surface area contributed by atoms with Gasteiger partial charge in [-0.25, -0.2) is 0 Å². The summed E-state index contributed by atoms with van der Waals surface area (Å²) in [6.07, 6.45) is -0.609. The van der Waals surface area contributed by atoms with Crippen LogP contribution in [0.1, 0.15) is 33.6 Å². The molecule has 0 aliphatic carbocycles. The number of benzene rings is 1. The van der Waals surface area contributed by atoms with E-state index in [1.165, 1.54) is 24.3 Å². The van der Waals surface area contributed by atoms with E-state index in [2.05, 4.69) is 0 Å². The summed E-state index contributed by atoms with van der Waals surface area (Å²) in [5, 5.41) is 17.4. The van der Waals surface area contributed by atoms with Gasteiger partial charge in [-0.3, -0.25) is 19.2 Å². The second-order valence-corrected chi connectivity index (χ2v) is 4.52. The molecular formula is C14H16N2O6. The summed E-state index contributed by atoms with van der Waals surface area (Å²) in [7, 11) is 0. The largest absolute Gasteiger partial charge is 0.481 e. The van der Waals surface area contributed by atoms with Crippen molar-refractivity contribution in [2.24, 2.45) is 5.73 Å². The molecule has 8 heteroatoms. The molecule has 0 aliphatic rings. The summed E-state index contributed by atoms with van der Waals surface area (Å²) in [6, 6.07) is 5.65. The Bertz CT molecular complexity index is 581. The van der Waals surface area contributed by atoms with Crippen molar-refractivity contribution in [1.29, 1.82) is 0 Å². The van der Waals surface area contributed by atoms with E-state index in [0.717, 1.165) is 4.90 Å². The Morgan fingerprint density at radius 2 is 1.45 bits per heavy atom. The van der Waals surface area contributed by atoms with Crippen molar-refractivity contribution in [2.75, 3.05) is 13.1 Å². The summed E-state index contributed by atoms with van der Waals surface area (Å²) in [4.78, 5) is 45.8. The SMILES string of the molecule is NC(=O)c1cccc(C(=O)N(CCC(=O)O)CCC(=O)O)c1. The highest BCUT2D eigenvalue weighted by atomic mass is 16.4. The van der Waals surface area contributed by atoms with E-state index < -0.39 is 23.8 Å². The first-order chi connectivity index (χ1) is 10.3. The van der Waals surface area contributed by atoms with Gasteiger partial charge in [0.15, 0.2) is 0 Å². The normalized spacial score (nSPS) is 10.0. The number of hydrogen-bond donors (Lipinski definition) is 3. The number of nitrogens with two attached hydrogens (primary N) is 1. The van der Waals surface area contributed by atoms with Crippen molar-refractivity contribution in [3.63, 3.8) is 0 Å². The first kappa shape index (κ1) is 17.2. The van der Waals surface area contributed by atoms with E-state index in [-0.39, 0.29) is 37.1 Å². The Kier molecular flexibility index (Phi) is 6.06. The minimum Gasteiger partial charge on any atom is -0.481 e. The molecule has 0 unspecified atom stereocenters. The Morgan fingerprint density at radius 1 is 0.955 bits per heavy atom. The zero-order valence-corrected chi connectivity index (χ0v) is 11.7. The molecule has 0 atom stereocenters. The number of primary amides is 1. The lowest BCUT2D eigenvalue weighted by Crippen LogP contribution is -2.35. The third-order valence-corrected chi connectivity index (χ3v) is 2.87. The number of hydrogen-bond acceptors (Lipinski definition) is 4. The van der Waals surface area contributed by atoms with Crippen molar-refractivity contribution in [2.45, 2.75) is 12.8 Å². The fourth-order valence-electron chi connectivity index (χ4n) is 1.76. The highest BCUT2D eigenvalue weighted by Crippen LogP contribution is 2.10. The van der Waals surface area contributed by atoms with Crippen molar-refractivity contribution < 1.29 is 29.4 Å². The van der Waals surface area contributed by atoms with Crippen molar-refractivity contribution in [3.8, 4) is 0 Å². The van der Waals surface area contributed by atoms with Gasteiger partial charge >= 0.3 is 11.9 Å². The molecular weight excluding hydrogens is 292 g/mol. The molecule has 1 aromatic rings. The van der Waals surface area contributed by atoms with E-state index in [9.17, 15) is 19.2 Å². The topological polar surface area (TPSA) is 138 Å². The molecule has 118 valence electrons. The number of carboxylic acid groups (broad SMARTS) is 2. The number of nitrogens with zero attached hydrogens (tertiary/aromatic N) is 1. The highest BCUT2D eigenvalue weighted by molar-refractivity contribution is 5.99. The monoisotopic (exact) mass is 308 g/mol. The molecule has 0 heterocycles. The lowest BCUT2D eigenvalue weighted by atomic mass is 10.1. The standard InChI is InChI=1S/C14H16N2O6/c15-13(21)9-2-1-3-10(8-9)14(22)16(6-4-11(17)18)7-5-12(19)20/h1-3,8H,4-7H2,(H2,15,21)(H,17,18)(H,19,20). The fourth-order valence-corrected chi connectivity index (χ4v) is 1.76. The van der Waals surface area contributed by atoms with Gasteiger partial charge in [0, 0.05) is 24.2 Å². The predicted molar refractivity (Wildman–Crippen MR) is 75.4 cm³/mol. The molecule has 1 rings (SSSR count). The molecule has 0 saturated carbocycles. The van der Waals surface area contributed by atoms with Crippen LogP contribution in [-0.4, -0.2) is 52.0 Å². The maximum absolute atomic E-state index is 12.3. The van der Waals surface area contributed by atoms with Gasteiger partial charge in [-0.05, 0) is 18.2 Å². The van der Waals surface area contributed by atoms with Crippen LogP contribution in [0, 0.1) is 0 Å². The number of aliphatic carboxylic acids is 2. The molecule has 0 radical (unpaired) electrons. The lowest BCUT2D eigenvalue weighted by molar-refractivity contribution is -0.137. The fraction of sp³-hybridized carbons (Fsp3) is 0.286. The second-order valence-electron chi connectivity index (χ2n) is 4.52. The van der Waals surface area contributed by atoms with E-state index in [0.29, 0.717) is 0 Å². The summed E-state index contributed by atoms with van der Waals surface area (Å²) < 4.78 is 0. The summed E-state index contributed by atoms with van der Waals surface area (Å²) in [6.45, 7) is -0.246. The predicted octanol–water partition coefficient (Wildman–Crippen LogP) is 0.177. The van der Waals surface area contributed by atoms with Crippen LogP contribution in [0.2, 0.25) is 0 Å². The van der Waals surface area contributed by atoms with Gasteiger partial charge in [0.25, 0.3) is 5.91 Å². The molecule has 8 nitrogen and oxygen atoms in total. The maximum Gasteiger partial charge on any atom is 0.305 e. The lowest BCUT2D eigenvalue weighted by Gasteiger charge is -2.21. The first-order valence-corrected chi connectivity index (χ1v) is 6.44.